The van der Waals surface area contributed by atoms with Crippen LogP contribution < -0.4 is 0 Å². The van der Waals surface area contributed by atoms with Crippen LogP contribution in [0.3, 0.4) is 0 Å². The van der Waals surface area contributed by atoms with Crippen molar-refractivity contribution in [1.82, 2.24) is 0 Å². The van der Waals surface area contributed by atoms with Crippen molar-refractivity contribution in [3.63, 3.8) is 0 Å². The lowest BCUT2D eigenvalue weighted by Crippen LogP contribution is -1.63. The van der Waals surface area contributed by atoms with Crippen LogP contribution in [0.25, 0.3) is 6.08 Å². The summed E-state index contributed by atoms with van der Waals surface area (Å²) in [6.45, 7) is 6.75. The second-order valence-electron chi connectivity index (χ2n) is 2.03. The predicted octanol–water partition coefficient (Wildman–Crippen LogP) is 3.17. The number of benzene rings is 1. The molecule has 0 aliphatic rings. The maximum atomic E-state index is 8.11. The second kappa shape index (κ2) is 14.1. The van der Waals surface area contributed by atoms with Crippen LogP contribution >= 0.6 is 0 Å². The number of hydrogen-bond donors (Lipinski definition) is 1. The van der Waals surface area contributed by atoms with Gasteiger partial charge in [0, 0.05) is 6.08 Å². The molecule has 0 amide bonds. The maximum Gasteiger partial charge on any atom is 0.152 e. The van der Waals surface area contributed by atoms with Gasteiger partial charge >= 0.3 is 0 Å². The smallest absolute Gasteiger partial charge is 0.152 e. The molecular formula is C11H12N2O2. The average molecular weight is 204 g/mol. The molecule has 0 radical (unpaired) electrons. The number of hydrogen-bond acceptors (Lipinski definition) is 3. The zero-order valence-corrected chi connectivity index (χ0v) is 8.21. The van der Waals surface area contributed by atoms with Crippen LogP contribution in [0.4, 0.5) is 0 Å². The van der Waals surface area contributed by atoms with Gasteiger partial charge in [0.15, 0.2) is 5.34 Å². The number of allylic oxidation sites excluding steroid dienone is 1. The molecule has 1 N–H and O–H groups in total. The molecule has 78 valence electrons. The molecule has 4 nitrogen and oxygen atoms in total. The Bertz CT molecular complexity index is 315. The molecule has 0 saturated carbocycles. The van der Waals surface area contributed by atoms with E-state index in [0.717, 1.165) is 0 Å². The molecule has 0 saturated heterocycles. The zero-order valence-electron chi connectivity index (χ0n) is 8.21. The number of rotatable bonds is 1. The summed E-state index contributed by atoms with van der Waals surface area (Å²) in [4.78, 5) is 8.11. The predicted molar refractivity (Wildman–Crippen MR) is 59.9 cm³/mol. The molecule has 0 heterocycles. The Hall–Kier alpha value is -2.41. The van der Waals surface area contributed by atoms with Crippen molar-refractivity contribution in [1.29, 1.82) is 5.26 Å². The van der Waals surface area contributed by atoms with Crippen molar-refractivity contribution in [2.45, 2.75) is 0 Å². The molecule has 0 aromatic heterocycles. The third-order valence-electron chi connectivity index (χ3n) is 1.13. The molecule has 0 aliphatic carbocycles. The van der Waals surface area contributed by atoms with Gasteiger partial charge in [-0.1, -0.05) is 49.6 Å². The van der Waals surface area contributed by atoms with Gasteiger partial charge in [-0.3, -0.25) is 0 Å². The molecule has 1 rings (SSSR count). The van der Waals surface area contributed by atoms with Gasteiger partial charge in [0.2, 0.25) is 0 Å². The Kier molecular flexibility index (Phi) is 14.2. The van der Waals surface area contributed by atoms with Crippen LogP contribution in [-0.2, 0) is 0 Å². The van der Waals surface area contributed by atoms with Crippen LogP contribution in [0, 0.1) is 16.2 Å². The Morgan fingerprint density at radius 3 is 1.93 bits per heavy atom. The first-order valence-corrected chi connectivity index (χ1v) is 3.91. The van der Waals surface area contributed by atoms with Gasteiger partial charge in [0.25, 0.3) is 0 Å². The first-order chi connectivity index (χ1) is 7.26. The molecule has 1 aromatic rings. The highest BCUT2D eigenvalue weighted by Gasteiger charge is 1.75. The molecule has 0 atom stereocenters. The van der Waals surface area contributed by atoms with E-state index in [-0.39, 0.29) is 0 Å². The third-order valence-corrected chi connectivity index (χ3v) is 1.13. The molecule has 0 aliphatic heterocycles. The summed E-state index contributed by atoms with van der Waals surface area (Å²) < 4.78 is 0. The highest BCUT2D eigenvalue weighted by molar-refractivity contribution is 5.45. The SMILES string of the molecule is C=CC#N.C=Cc1ccccc1.O=NO. The van der Waals surface area contributed by atoms with Gasteiger partial charge in [-0.05, 0) is 5.56 Å². The van der Waals surface area contributed by atoms with Crippen molar-refractivity contribution in [3.05, 3.63) is 60.0 Å². The fourth-order valence-corrected chi connectivity index (χ4v) is 0.589. The van der Waals surface area contributed by atoms with Gasteiger partial charge in [0.05, 0.1) is 6.07 Å². The Morgan fingerprint density at radius 2 is 1.73 bits per heavy atom. The van der Waals surface area contributed by atoms with E-state index in [1.807, 2.05) is 36.4 Å². The van der Waals surface area contributed by atoms with E-state index in [0.29, 0.717) is 0 Å². The Morgan fingerprint density at radius 1 is 1.33 bits per heavy atom. The molecule has 0 bridgehead atoms. The summed E-state index contributed by atoms with van der Waals surface area (Å²) >= 11 is 0. The quantitative estimate of drug-likeness (QED) is 0.433. The molecule has 0 spiro atoms. The fraction of sp³-hybridized carbons (Fsp3) is 0. The van der Waals surface area contributed by atoms with E-state index in [4.69, 9.17) is 15.4 Å². The monoisotopic (exact) mass is 204 g/mol. The third kappa shape index (κ3) is 14.4. The molecule has 0 fully saturated rings. The van der Waals surface area contributed by atoms with E-state index in [1.54, 1.807) is 6.07 Å². The Labute approximate surface area is 88.7 Å². The van der Waals surface area contributed by atoms with Crippen molar-refractivity contribution in [3.8, 4) is 6.07 Å². The van der Waals surface area contributed by atoms with E-state index in [2.05, 4.69) is 13.2 Å². The summed E-state index contributed by atoms with van der Waals surface area (Å²) in [7, 11) is 0. The van der Waals surface area contributed by atoms with Crippen molar-refractivity contribution >= 4 is 6.08 Å². The highest BCUT2D eigenvalue weighted by Crippen LogP contribution is 1.97. The van der Waals surface area contributed by atoms with Crippen LogP contribution in [0.5, 0.6) is 0 Å². The van der Waals surface area contributed by atoms with Crippen LogP contribution in [0.15, 0.2) is 54.9 Å². The van der Waals surface area contributed by atoms with E-state index in [1.165, 1.54) is 17.0 Å². The van der Waals surface area contributed by atoms with Gasteiger partial charge < -0.3 is 5.21 Å². The molecule has 0 unspecified atom stereocenters. The standard InChI is InChI=1S/C8H8.C3H3N.HNO2/c1-2-8-6-4-3-5-7-8;1-2-3-4;2-1-3/h2-7H,1H2;2H,1H2;(H,2,3). The molecule has 4 heteroatoms. The Balaban J connectivity index is 0. The van der Waals surface area contributed by atoms with Crippen LogP contribution in [0.2, 0.25) is 0 Å². The van der Waals surface area contributed by atoms with Crippen LogP contribution in [0.1, 0.15) is 5.56 Å². The summed E-state index contributed by atoms with van der Waals surface area (Å²) in [5.41, 5.74) is 1.17. The minimum atomic E-state index is 1.17. The normalized spacial score (nSPS) is 6.33. The van der Waals surface area contributed by atoms with Gasteiger partial charge in [0.1, 0.15) is 0 Å². The summed E-state index contributed by atoms with van der Waals surface area (Å²) in [5, 5.41) is 15.4. The van der Waals surface area contributed by atoms with E-state index < -0.39 is 0 Å². The van der Waals surface area contributed by atoms with Crippen LogP contribution in [-0.4, -0.2) is 5.21 Å². The minimum Gasteiger partial charge on any atom is -0.379 e. The van der Waals surface area contributed by atoms with Crippen molar-refractivity contribution < 1.29 is 5.21 Å². The lowest BCUT2D eigenvalue weighted by molar-refractivity contribution is 0.312. The zero-order chi connectivity index (χ0) is 11.9. The summed E-state index contributed by atoms with van der Waals surface area (Å²) in [6.07, 6.45) is 3.01. The van der Waals surface area contributed by atoms with Crippen molar-refractivity contribution in [2.24, 2.45) is 5.34 Å². The minimum absolute atomic E-state index is 1.17. The lowest BCUT2D eigenvalue weighted by atomic mass is 10.2. The first-order valence-electron chi connectivity index (χ1n) is 3.91. The molecule has 1 aromatic carbocycles. The molecule has 15 heavy (non-hydrogen) atoms. The largest absolute Gasteiger partial charge is 0.379 e. The van der Waals surface area contributed by atoms with Gasteiger partial charge in [-0.15, -0.1) is 4.91 Å². The number of nitrogens with zero attached hydrogens (tertiary/aromatic N) is 2. The van der Waals surface area contributed by atoms with Gasteiger partial charge in [-0.2, -0.15) is 5.26 Å². The van der Waals surface area contributed by atoms with Gasteiger partial charge in [-0.25, -0.2) is 0 Å². The summed E-state index contributed by atoms with van der Waals surface area (Å²) in [6, 6.07) is 11.7. The topological polar surface area (TPSA) is 73.5 Å². The van der Waals surface area contributed by atoms with E-state index >= 15 is 0 Å². The number of nitriles is 1. The molecular weight excluding hydrogens is 192 g/mol. The average Bonchev–Trinajstić information content (AvgIpc) is 2.31. The lowest BCUT2D eigenvalue weighted by Gasteiger charge is -1.85. The van der Waals surface area contributed by atoms with Crippen molar-refractivity contribution in [2.75, 3.05) is 0 Å². The fourth-order valence-electron chi connectivity index (χ4n) is 0.589. The first kappa shape index (κ1) is 15.1. The highest BCUT2D eigenvalue weighted by atomic mass is 16.6. The second-order valence-corrected chi connectivity index (χ2v) is 2.03. The maximum absolute atomic E-state index is 8.11. The summed E-state index contributed by atoms with van der Waals surface area (Å²) in [5.74, 6) is 0. The van der Waals surface area contributed by atoms with E-state index in [9.17, 15) is 0 Å².